The minimum Gasteiger partial charge on any atom is -0.393 e. The van der Waals surface area contributed by atoms with Crippen molar-refractivity contribution < 1.29 is 5.11 Å². The first kappa shape index (κ1) is 21.5. The molecule has 0 heterocycles. The van der Waals surface area contributed by atoms with E-state index < -0.39 is 0 Å². The molecule has 1 N–H and O–H groups in total. The molecule has 0 radical (unpaired) electrons. The van der Waals surface area contributed by atoms with E-state index in [9.17, 15) is 5.11 Å². The van der Waals surface area contributed by atoms with Crippen molar-refractivity contribution in [1.29, 1.82) is 0 Å². The van der Waals surface area contributed by atoms with Crippen LogP contribution in [0.3, 0.4) is 0 Å². The zero-order valence-electron chi connectivity index (χ0n) is 19.4. The fourth-order valence-electron chi connectivity index (χ4n) is 8.65. The van der Waals surface area contributed by atoms with E-state index in [2.05, 4.69) is 39.7 Å². The van der Waals surface area contributed by atoms with Crippen molar-refractivity contribution in [2.75, 3.05) is 0 Å². The van der Waals surface area contributed by atoms with Crippen molar-refractivity contribution >= 4 is 0 Å². The van der Waals surface area contributed by atoms with E-state index in [0.717, 1.165) is 42.4 Å². The first-order valence-corrected chi connectivity index (χ1v) is 12.6. The summed E-state index contributed by atoms with van der Waals surface area (Å²) in [6, 6.07) is 0. The third kappa shape index (κ3) is 3.63. The van der Waals surface area contributed by atoms with Crippen molar-refractivity contribution in [2.45, 2.75) is 104 Å². The summed E-state index contributed by atoms with van der Waals surface area (Å²) in [5.74, 6) is 7.73. The van der Waals surface area contributed by atoms with Gasteiger partial charge in [-0.05, 0) is 98.2 Å². The minimum atomic E-state index is -0.0892. The van der Waals surface area contributed by atoms with E-state index in [1.165, 1.54) is 57.8 Å². The highest BCUT2D eigenvalue weighted by Crippen LogP contribution is 2.67. The van der Waals surface area contributed by atoms with Crippen LogP contribution in [0.4, 0.5) is 0 Å². The number of hydrogen-bond acceptors (Lipinski definition) is 1. The highest BCUT2D eigenvalue weighted by Gasteiger charge is 2.59. The van der Waals surface area contributed by atoms with Crippen LogP contribution >= 0.6 is 0 Å². The fraction of sp³-hybridized carbons (Fsp3) is 0.857. The van der Waals surface area contributed by atoms with Gasteiger partial charge in [0.1, 0.15) is 0 Å². The van der Waals surface area contributed by atoms with Crippen molar-refractivity contribution in [3.8, 4) is 12.3 Å². The van der Waals surface area contributed by atoms with Gasteiger partial charge >= 0.3 is 0 Å². The lowest BCUT2D eigenvalue weighted by Crippen LogP contribution is -2.50. The van der Waals surface area contributed by atoms with E-state index in [1.807, 2.05) is 0 Å². The zero-order valence-corrected chi connectivity index (χ0v) is 19.4. The molecule has 0 spiro atoms. The molecule has 3 fully saturated rings. The van der Waals surface area contributed by atoms with Gasteiger partial charge in [-0.3, -0.25) is 0 Å². The Morgan fingerprint density at radius 2 is 1.90 bits per heavy atom. The quantitative estimate of drug-likeness (QED) is 0.392. The second-order valence-corrected chi connectivity index (χ2v) is 11.9. The normalized spacial score (nSPS) is 45.9. The van der Waals surface area contributed by atoms with Crippen LogP contribution in [0.25, 0.3) is 0 Å². The third-order valence-electron chi connectivity index (χ3n) is 10.4. The first-order chi connectivity index (χ1) is 13.8. The average molecular weight is 397 g/mol. The fourth-order valence-corrected chi connectivity index (χ4v) is 8.65. The molecule has 4 aliphatic rings. The molecule has 162 valence electrons. The van der Waals surface area contributed by atoms with Gasteiger partial charge < -0.3 is 5.11 Å². The Morgan fingerprint density at radius 1 is 1.10 bits per heavy atom. The standard InChI is InChI=1S/C28H44O/c1-6-19(2)8-7-9-20(3)24-12-13-25-23-11-10-21-18-22(29)14-16-27(21,4)26(23)15-17-28(24,25)5/h1,10,19-20,22-26,29H,7-9,11-18H2,2-5H3/t19-,20-,22+,23+,24-,25+,26+,27+,28-/m1/s1. The molecule has 0 saturated heterocycles. The van der Waals surface area contributed by atoms with Crippen molar-refractivity contribution in [3.05, 3.63) is 11.6 Å². The number of terminal acetylenes is 1. The van der Waals surface area contributed by atoms with Crippen LogP contribution in [0.2, 0.25) is 0 Å². The molecule has 0 bridgehead atoms. The predicted octanol–water partition coefficient (Wildman–Crippen LogP) is 7.00. The summed E-state index contributed by atoms with van der Waals surface area (Å²) >= 11 is 0. The number of aliphatic hydroxyl groups is 1. The molecule has 9 atom stereocenters. The molecule has 1 nitrogen and oxygen atoms in total. The molecule has 0 aromatic carbocycles. The van der Waals surface area contributed by atoms with Crippen molar-refractivity contribution in [1.82, 2.24) is 0 Å². The summed E-state index contributed by atoms with van der Waals surface area (Å²) in [4.78, 5) is 0. The molecule has 4 aliphatic carbocycles. The number of hydrogen-bond donors (Lipinski definition) is 1. The Morgan fingerprint density at radius 3 is 2.66 bits per heavy atom. The van der Waals surface area contributed by atoms with Crippen LogP contribution in [0.5, 0.6) is 0 Å². The van der Waals surface area contributed by atoms with Crippen LogP contribution in [0.15, 0.2) is 11.6 Å². The van der Waals surface area contributed by atoms with E-state index in [4.69, 9.17) is 6.42 Å². The second-order valence-electron chi connectivity index (χ2n) is 11.9. The second kappa shape index (κ2) is 8.07. The van der Waals surface area contributed by atoms with E-state index in [1.54, 1.807) is 5.57 Å². The molecule has 0 amide bonds. The lowest BCUT2D eigenvalue weighted by Gasteiger charge is -2.58. The SMILES string of the molecule is C#C[C@@H](C)CCC[C@@H](C)[C@H]1CC[C@H]2[C@@H]3CC=C4C[C@@H](O)CC[C@]4(C)[C@H]3CC[C@]12C. The summed E-state index contributed by atoms with van der Waals surface area (Å²) in [5.41, 5.74) is 2.53. The van der Waals surface area contributed by atoms with Crippen molar-refractivity contribution in [3.63, 3.8) is 0 Å². The van der Waals surface area contributed by atoms with Gasteiger partial charge in [0.05, 0.1) is 6.10 Å². The number of aliphatic hydroxyl groups excluding tert-OH is 1. The maximum absolute atomic E-state index is 10.2. The van der Waals surface area contributed by atoms with Gasteiger partial charge in [-0.2, -0.15) is 0 Å². The highest BCUT2D eigenvalue weighted by molar-refractivity contribution is 5.25. The first-order valence-electron chi connectivity index (χ1n) is 12.6. The molecule has 29 heavy (non-hydrogen) atoms. The summed E-state index contributed by atoms with van der Waals surface area (Å²) in [6.45, 7) is 9.94. The molecule has 0 aromatic rings. The summed E-state index contributed by atoms with van der Waals surface area (Å²) < 4.78 is 0. The summed E-state index contributed by atoms with van der Waals surface area (Å²) in [5, 5.41) is 10.2. The van der Waals surface area contributed by atoms with E-state index in [-0.39, 0.29) is 6.10 Å². The van der Waals surface area contributed by atoms with Crippen molar-refractivity contribution in [2.24, 2.45) is 46.3 Å². The average Bonchev–Trinajstić information content (AvgIpc) is 3.05. The molecule has 1 heteroatoms. The monoisotopic (exact) mass is 396 g/mol. The van der Waals surface area contributed by atoms with E-state index >= 15 is 0 Å². The lowest BCUT2D eigenvalue weighted by atomic mass is 9.47. The zero-order chi connectivity index (χ0) is 20.8. The molecule has 3 saturated carbocycles. The maximum atomic E-state index is 10.2. The molecule has 0 aromatic heterocycles. The van der Waals surface area contributed by atoms with Gasteiger partial charge in [-0.25, -0.2) is 0 Å². The molecule has 0 aliphatic heterocycles. The smallest absolute Gasteiger partial charge is 0.0577 e. The Hall–Kier alpha value is -0.740. The van der Waals surface area contributed by atoms with Crippen LogP contribution < -0.4 is 0 Å². The van der Waals surface area contributed by atoms with Gasteiger partial charge in [0, 0.05) is 5.92 Å². The lowest BCUT2D eigenvalue weighted by molar-refractivity contribution is -0.0572. The minimum absolute atomic E-state index is 0.0892. The van der Waals surface area contributed by atoms with Crippen LogP contribution in [0.1, 0.15) is 98.3 Å². The Labute approximate surface area is 180 Å². The van der Waals surface area contributed by atoms with Gasteiger partial charge in [0.15, 0.2) is 0 Å². The van der Waals surface area contributed by atoms with Gasteiger partial charge in [-0.15, -0.1) is 12.3 Å². The van der Waals surface area contributed by atoms with Crippen LogP contribution in [-0.2, 0) is 0 Å². The molecule has 0 unspecified atom stereocenters. The Bertz CT molecular complexity index is 670. The molecular formula is C28H44O. The van der Waals surface area contributed by atoms with Gasteiger partial charge in [-0.1, -0.05) is 52.2 Å². The third-order valence-corrected chi connectivity index (χ3v) is 10.4. The van der Waals surface area contributed by atoms with Crippen LogP contribution in [0, 0.1) is 58.7 Å². The molecular weight excluding hydrogens is 352 g/mol. The number of fused-ring (bicyclic) bond motifs is 5. The maximum Gasteiger partial charge on any atom is 0.0577 e. The number of allylic oxidation sites excluding steroid dienone is 1. The summed E-state index contributed by atoms with van der Waals surface area (Å²) in [6.07, 6.45) is 22.1. The van der Waals surface area contributed by atoms with Crippen LogP contribution in [-0.4, -0.2) is 11.2 Å². The van der Waals surface area contributed by atoms with Gasteiger partial charge in [0.2, 0.25) is 0 Å². The highest BCUT2D eigenvalue weighted by atomic mass is 16.3. The summed E-state index contributed by atoms with van der Waals surface area (Å²) in [7, 11) is 0. The van der Waals surface area contributed by atoms with Gasteiger partial charge in [0.25, 0.3) is 0 Å². The van der Waals surface area contributed by atoms with E-state index in [0.29, 0.717) is 16.7 Å². The number of rotatable bonds is 5. The Kier molecular flexibility index (Phi) is 5.98. The topological polar surface area (TPSA) is 20.2 Å². The largest absolute Gasteiger partial charge is 0.393 e. The predicted molar refractivity (Wildman–Crippen MR) is 122 cm³/mol. The molecule has 4 rings (SSSR count). The Balaban J connectivity index is 1.47.